The van der Waals surface area contributed by atoms with Crippen LogP contribution in [0.4, 0.5) is 17.5 Å². The normalized spacial score (nSPS) is 10.3. The number of aromatic nitrogens is 3. The van der Waals surface area contributed by atoms with Gasteiger partial charge in [0.15, 0.2) is 5.82 Å². The molecule has 0 amide bonds. The smallest absolute Gasteiger partial charge is 0.244 e. The van der Waals surface area contributed by atoms with Crippen LogP contribution in [0.5, 0.6) is 0 Å². The number of methoxy groups -OCH3 is 1. The topological polar surface area (TPSA) is 72.0 Å². The maximum absolute atomic E-state index is 4.96. The molecule has 1 heterocycles. The van der Waals surface area contributed by atoms with E-state index in [-0.39, 0.29) is 0 Å². The molecule has 0 unspecified atom stereocenters. The van der Waals surface area contributed by atoms with Crippen molar-refractivity contribution in [2.75, 3.05) is 30.9 Å². The third-order valence-corrected chi connectivity index (χ3v) is 2.64. The summed E-state index contributed by atoms with van der Waals surface area (Å²) in [5.41, 5.74) is 3.40. The van der Waals surface area contributed by atoms with Gasteiger partial charge in [-0.2, -0.15) is 10.1 Å². The molecule has 0 atom stereocenters. The Hall–Kier alpha value is -2.21. The number of aryl methyl sites for hydroxylation is 2. The molecule has 2 aromatic rings. The van der Waals surface area contributed by atoms with E-state index in [9.17, 15) is 0 Å². The molecule has 0 radical (unpaired) electrons. The van der Waals surface area contributed by atoms with Gasteiger partial charge in [-0.1, -0.05) is 6.07 Å². The Labute approximate surface area is 118 Å². The summed E-state index contributed by atoms with van der Waals surface area (Å²) >= 11 is 0. The number of benzene rings is 1. The van der Waals surface area contributed by atoms with Crippen molar-refractivity contribution in [1.82, 2.24) is 15.2 Å². The standard InChI is InChI=1S/C14H19N5O/c1-10-6-11(2)8-12(7-10)17-13-9-16-19-14(18-13)15-4-5-20-3/h6-9H,4-5H2,1-3H3,(H2,15,17,18,19). The third-order valence-electron chi connectivity index (χ3n) is 2.64. The first-order valence-electron chi connectivity index (χ1n) is 6.45. The van der Waals surface area contributed by atoms with Crippen molar-refractivity contribution in [2.45, 2.75) is 13.8 Å². The molecule has 0 saturated heterocycles. The highest BCUT2D eigenvalue weighted by Crippen LogP contribution is 2.18. The second-order valence-electron chi connectivity index (χ2n) is 4.59. The minimum absolute atomic E-state index is 0.483. The fraction of sp³-hybridized carbons (Fsp3) is 0.357. The Bertz CT molecular complexity index is 553. The van der Waals surface area contributed by atoms with Crippen LogP contribution in [0.2, 0.25) is 0 Å². The van der Waals surface area contributed by atoms with Gasteiger partial charge in [-0.15, -0.1) is 5.10 Å². The summed E-state index contributed by atoms with van der Waals surface area (Å²) in [6, 6.07) is 6.25. The highest BCUT2D eigenvalue weighted by molar-refractivity contribution is 5.58. The number of nitrogens with zero attached hydrogens (tertiary/aromatic N) is 3. The number of anilines is 3. The summed E-state index contributed by atoms with van der Waals surface area (Å²) in [6.07, 6.45) is 1.60. The van der Waals surface area contributed by atoms with Gasteiger partial charge in [0.05, 0.1) is 12.8 Å². The Balaban J connectivity index is 2.07. The van der Waals surface area contributed by atoms with E-state index in [0.29, 0.717) is 24.9 Å². The van der Waals surface area contributed by atoms with E-state index in [1.165, 1.54) is 11.1 Å². The van der Waals surface area contributed by atoms with Gasteiger partial charge >= 0.3 is 0 Å². The lowest BCUT2D eigenvalue weighted by Gasteiger charge is -2.09. The first-order chi connectivity index (χ1) is 9.67. The van der Waals surface area contributed by atoms with Crippen molar-refractivity contribution in [2.24, 2.45) is 0 Å². The average molecular weight is 273 g/mol. The Morgan fingerprint density at radius 2 is 1.90 bits per heavy atom. The van der Waals surface area contributed by atoms with E-state index in [1.54, 1.807) is 13.3 Å². The summed E-state index contributed by atoms with van der Waals surface area (Å²) < 4.78 is 4.96. The number of rotatable bonds is 6. The molecular formula is C14H19N5O. The molecule has 0 aliphatic rings. The van der Waals surface area contributed by atoms with Crippen LogP contribution in [0.15, 0.2) is 24.4 Å². The molecule has 6 heteroatoms. The average Bonchev–Trinajstić information content (AvgIpc) is 2.38. The van der Waals surface area contributed by atoms with Gasteiger partial charge in [-0.05, 0) is 37.1 Å². The second kappa shape index (κ2) is 6.81. The van der Waals surface area contributed by atoms with E-state index in [1.807, 2.05) is 0 Å². The maximum Gasteiger partial charge on any atom is 0.244 e. The lowest BCUT2D eigenvalue weighted by Crippen LogP contribution is -2.11. The number of ether oxygens (including phenoxy) is 1. The van der Waals surface area contributed by atoms with Gasteiger partial charge in [0.1, 0.15) is 0 Å². The quantitative estimate of drug-likeness (QED) is 0.787. The molecule has 0 bridgehead atoms. The van der Waals surface area contributed by atoms with Gasteiger partial charge in [-0.3, -0.25) is 0 Å². The molecule has 0 aliphatic heterocycles. The van der Waals surface area contributed by atoms with Gasteiger partial charge in [0.25, 0.3) is 0 Å². The van der Waals surface area contributed by atoms with Crippen LogP contribution in [0, 0.1) is 13.8 Å². The lowest BCUT2D eigenvalue weighted by molar-refractivity contribution is 0.210. The van der Waals surface area contributed by atoms with Gasteiger partial charge in [0, 0.05) is 19.3 Å². The van der Waals surface area contributed by atoms with Crippen molar-refractivity contribution in [3.63, 3.8) is 0 Å². The van der Waals surface area contributed by atoms with E-state index < -0.39 is 0 Å². The number of hydrogen-bond acceptors (Lipinski definition) is 6. The molecule has 2 rings (SSSR count). The zero-order valence-corrected chi connectivity index (χ0v) is 12.0. The van der Waals surface area contributed by atoms with Crippen LogP contribution < -0.4 is 10.6 Å². The molecule has 1 aromatic heterocycles. The molecule has 6 nitrogen and oxygen atoms in total. The summed E-state index contributed by atoms with van der Waals surface area (Å²) in [5, 5.41) is 14.1. The molecular weight excluding hydrogens is 254 g/mol. The maximum atomic E-state index is 4.96. The summed E-state index contributed by atoms with van der Waals surface area (Å²) in [6.45, 7) is 5.37. The fourth-order valence-electron chi connectivity index (χ4n) is 1.90. The van der Waals surface area contributed by atoms with Crippen LogP contribution in [0.25, 0.3) is 0 Å². The second-order valence-corrected chi connectivity index (χ2v) is 4.59. The summed E-state index contributed by atoms with van der Waals surface area (Å²) in [5.74, 6) is 1.14. The van der Waals surface area contributed by atoms with Gasteiger partial charge in [-0.25, -0.2) is 0 Å². The van der Waals surface area contributed by atoms with Crippen molar-refractivity contribution >= 4 is 17.5 Å². The van der Waals surface area contributed by atoms with Crippen molar-refractivity contribution < 1.29 is 4.74 Å². The Morgan fingerprint density at radius 1 is 1.15 bits per heavy atom. The molecule has 0 saturated carbocycles. The molecule has 0 fully saturated rings. The molecule has 20 heavy (non-hydrogen) atoms. The summed E-state index contributed by atoms with van der Waals surface area (Å²) in [4.78, 5) is 4.35. The van der Waals surface area contributed by atoms with Crippen LogP contribution in [-0.2, 0) is 4.74 Å². The van der Waals surface area contributed by atoms with Crippen molar-refractivity contribution in [3.05, 3.63) is 35.5 Å². The van der Waals surface area contributed by atoms with E-state index in [2.05, 4.69) is 57.9 Å². The van der Waals surface area contributed by atoms with E-state index >= 15 is 0 Å². The molecule has 106 valence electrons. The van der Waals surface area contributed by atoms with Gasteiger partial charge in [0.2, 0.25) is 5.95 Å². The van der Waals surface area contributed by atoms with Crippen LogP contribution in [0.3, 0.4) is 0 Å². The van der Waals surface area contributed by atoms with Crippen LogP contribution >= 0.6 is 0 Å². The highest BCUT2D eigenvalue weighted by atomic mass is 16.5. The van der Waals surface area contributed by atoms with Crippen LogP contribution in [-0.4, -0.2) is 35.4 Å². The zero-order chi connectivity index (χ0) is 14.4. The van der Waals surface area contributed by atoms with Crippen molar-refractivity contribution in [3.8, 4) is 0 Å². The molecule has 1 aromatic carbocycles. The van der Waals surface area contributed by atoms with Crippen molar-refractivity contribution in [1.29, 1.82) is 0 Å². The third kappa shape index (κ3) is 4.17. The van der Waals surface area contributed by atoms with Crippen LogP contribution in [0.1, 0.15) is 11.1 Å². The minimum Gasteiger partial charge on any atom is -0.383 e. The largest absolute Gasteiger partial charge is 0.383 e. The Kier molecular flexibility index (Phi) is 4.84. The molecule has 0 spiro atoms. The predicted octanol–water partition coefficient (Wildman–Crippen LogP) is 2.29. The predicted molar refractivity (Wildman–Crippen MR) is 79.4 cm³/mol. The first-order valence-corrected chi connectivity index (χ1v) is 6.45. The summed E-state index contributed by atoms with van der Waals surface area (Å²) in [7, 11) is 1.65. The zero-order valence-electron chi connectivity index (χ0n) is 12.0. The number of hydrogen-bond donors (Lipinski definition) is 2. The highest BCUT2D eigenvalue weighted by Gasteiger charge is 2.02. The van der Waals surface area contributed by atoms with E-state index in [4.69, 9.17) is 4.74 Å². The minimum atomic E-state index is 0.483. The lowest BCUT2D eigenvalue weighted by atomic mass is 10.1. The SMILES string of the molecule is COCCNc1nncc(Nc2cc(C)cc(C)c2)n1. The van der Waals surface area contributed by atoms with Gasteiger partial charge < -0.3 is 15.4 Å². The monoisotopic (exact) mass is 273 g/mol. The Morgan fingerprint density at radius 3 is 2.60 bits per heavy atom. The molecule has 2 N–H and O–H groups in total. The molecule has 0 aliphatic carbocycles. The van der Waals surface area contributed by atoms with E-state index in [0.717, 1.165) is 5.69 Å². The first kappa shape index (κ1) is 14.2. The fourth-order valence-corrected chi connectivity index (χ4v) is 1.90. The number of nitrogens with one attached hydrogen (secondary N) is 2.